The summed E-state index contributed by atoms with van der Waals surface area (Å²) in [5.41, 5.74) is 4.59. The van der Waals surface area contributed by atoms with Crippen molar-refractivity contribution in [3.05, 3.63) is 99.5 Å². The molecular weight excluding hydrogens is 619 g/mol. The van der Waals surface area contributed by atoms with Gasteiger partial charge < -0.3 is 25.2 Å². The van der Waals surface area contributed by atoms with Gasteiger partial charge in [0, 0.05) is 36.8 Å². The van der Waals surface area contributed by atoms with Crippen LogP contribution in [0.3, 0.4) is 0 Å². The Labute approximate surface area is 302 Å². The Morgan fingerprint density at radius 2 is 1.55 bits per heavy atom. The van der Waals surface area contributed by atoms with Crippen LogP contribution in [0.1, 0.15) is 115 Å². The van der Waals surface area contributed by atoms with E-state index in [1.165, 1.54) is 12.1 Å². The highest BCUT2D eigenvalue weighted by Crippen LogP contribution is 2.48. The van der Waals surface area contributed by atoms with Gasteiger partial charge in [-0.2, -0.15) is 0 Å². The van der Waals surface area contributed by atoms with E-state index in [0.29, 0.717) is 16.8 Å². The van der Waals surface area contributed by atoms with Crippen molar-refractivity contribution >= 4 is 17.6 Å². The van der Waals surface area contributed by atoms with E-state index in [4.69, 9.17) is 8.22 Å². The normalized spacial score (nSPS) is 19.6. The summed E-state index contributed by atoms with van der Waals surface area (Å²) in [5, 5.41) is 35.2. The number of nitrogens with one attached hydrogen (secondary N) is 1. The molecular formula is C41H51FN2O5. The van der Waals surface area contributed by atoms with Gasteiger partial charge in [0.05, 0.1) is 33.9 Å². The molecule has 0 saturated heterocycles. The van der Waals surface area contributed by atoms with E-state index in [2.05, 4.69) is 5.32 Å². The summed E-state index contributed by atoms with van der Waals surface area (Å²) in [6, 6.07) is 11.1. The van der Waals surface area contributed by atoms with Crippen LogP contribution in [0.25, 0.3) is 22.4 Å². The number of carbonyl (C=O) groups excluding carboxylic acids is 1. The molecule has 4 rings (SSSR count). The molecule has 3 aromatic carbocycles. The van der Waals surface area contributed by atoms with Crippen molar-refractivity contribution in [3.8, 4) is 22.4 Å². The maximum Gasteiger partial charge on any atom is 0.305 e. The predicted octanol–water partition coefficient (Wildman–Crippen LogP) is 9.05. The summed E-state index contributed by atoms with van der Waals surface area (Å²) < 4.78 is 94.5. The van der Waals surface area contributed by atoms with Gasteiger partial charge in [-0.1, -0.05) is 45.0 Å². The molecule has 0 saturated carbocycles. The van der Waals surface area contributed by atoms with E-state index in [-0.39, 0.29) is 39.6 Å². The van der Waals surface area contributed by atoms with Crippen LogP contribution >= 0.6 is 0 Å². The number of aliphatic hydroxyl groups is 2. The van der Waals surface area contributed by atoms with E-state index in [1.54, 1.807) is 58.9 Å². The number of amides is 1. The van der Waals surface area contributed by atoms with Crippen LogP contribution in [-0.2, 0) is 4.79 Å². The van der Waals surface area contributed by atoms with Gasteiger partial charge in [-0.05, 0) is 130 Å². The third-order valence-corrected chi connectivity index (χ3v) is 9.04. The number of carboxylic acids is 1. The molecule has 4 N–H and O–H groups in total. The van der Waals surface area contributed by atoms with Gasteiger partial charge in [0.25, 0.3) is 5.91 Å². The van der Waals surface area contributed by atoms with Crippen LogP contribution in [0.2, 0.25) is 0 Å². The van der Waals surface area contributed by atoms with Crippen LogP contribution in [0.15, 0.2) is 54.6 Å². The minimum absolute atomic E-state index is 0.00861. The summed E-state index contributed by atoms with van der Waals surface area (Å²) in [6.45, 7) is 15.1. The van der Waals surface area contributed by atoms with Crippen molar-refractivity contribution in [1.82, 2.24) is 4.57 Å². The minimum Gasteiger partial charge on any atom is -0.481 e. The Morgan fingerprint density at radius 1 is 0.857 bits per heavy atom. The number of aryl methyl sites for hydroxylation is 4. The summed E-state index contributed by atoms with van der Waals surface area (Å²) in [6.07, 6.45) is -21.7. The average molecular weight is 680 g/mol. The Kier molecular flexibility index (Phi) is 8.42. The number of halogens is 1. The van der Waals surface area contributed by atoms with Crippen molar-refractivity contribution in [3.63, 3.8) is 0 Å². The molecule has 4 aromatic rings. The summed E-state index contributed by atoms with van der Waals surface area (Å²) in [5.74, 6) is -5.01. The fourth-order valence-corrected chi connectivity index (χ4v) is 5.86. The predicted molar refractivity (Wildman–Crippen MR) is 195 cm³/mol. The molecule has 0 aliphatic heterocycles. The van der Waals surface area contributed by atoms with Gasteiger partial charge >= 0.3 is 5.97 Å². The fourth-order valence-electron chi connectivity index (χ4n) is 5.86. The highest BCUT2D eigenvalue weighted by Gasteiger charge is 2.35. The van der Waals surface area contributed by atoms with E-state index in [0.717, 1.165) is 34.2 Å². The van der Waals surface area contributed by atoms with E-state index >= 15 is 4.79 Å². The molecule has 7 nitrogen and oxygen atoms in total. The third-order valence-electron chi connectivity index (χ3n) is 9.04. The number of nitrogens with zero attached hydrogens (tertiary/aromatic N) is 1. The van der Waals surface area contributed by atoms with Gasteiger partial charge in [0.1, 0.15) is 5.82 Å². The maximum atomic E-state index is 15.1. The number of rotatable bonds is 13. The van der Waals surface area contributed by atoms with Crippen molar-refractivity contribution in [2.75, 3.05) is 5.32 Å². The van der Waals surface area contributed by atoms with Gasteiger partial charge in [-0.25, -0.2) is 4.39 Å². The lowest BCUT2D eigenvalue weighted by Crippen LogP contribution is -2.25. The fraction of sp³-hybridized carbons (Fsp3) is 0.415. The first-order valence-corrected chi connectivity index (χ1v) is 16.0. The Hall–Kier alpha value is -4.27. The number of aliphatic carboxylic acids is 1. The molecule has 1 amide bonds. The van der Waals surface area contributed by atoms with Gasteiger partial charge in [-0.15, -0.1) is 0 Å². The Morgan fingerprint density at radius 3 is 2.16 bits per heavy atom. The van der Waals surface area contributed by atoms with Crippen LogP contribution < -0.4 is 5.32 Å². The molecule has 2 unspecified atom stereocenters. The van der Waals surface area contributed by atoms with E-state index in [1.807, 2.05) is 32.9 Å². The molecule has 4 atom stereocenters. The summed E-state index contributed by atoms with van der Waals surface area (Å²) in [4.78, 5) is 26.9. The lowest BCUT2D eigenvalue weighted by atomic mass is 9.87. The summed E-state index contributed by atoms with van der Waals surface area (Å²) >= 11 is 0. The molecule has 0 bridgehead atoms. The number of benzene rings is 3. The van der Waals surface area contributed by atoms with Gasteiger partial charge in [-0.3, -0.25) is 9.59 Å². The SMILES string of the molecule is [2H]C(C)(n1c(-c2ccc(F)cc2C)c(-c2cccc(C)c2C)c(C(=O)Nc2ccc(C)c(C)c2)c1C(C)C(C)C)C([2H])([2H])[C@@]([2H])(O)C([2H])([2H])[C@@]([2H])(O)C([2H])([2H])C(=O)O. The van der Waals surface area contributed by atoms with Crippen molar-refractivity contribution in [2.45, 2.75) is 106 Å². The van der Waals surface area contributed by atoms with E-state index < -0.39 is 60.9 Å². The maximum absolute atomic E-state index is 15.1. The van der Waals surface area contributed by atoms with Gasteiger partial charge in [0.2, 0.25) is 0 Å². The Bertz CT molecular complexity index is 2270. The molecule has 1 aromatic heterocycles. The van der Waals surface area contributed by atoms with Crippen LogP contribution in [-0.4, -0.2) is 43.9 Å². The molecule has 0 radical (unpaired) electrons. The number of aromatic nitrogens is 1. The van der Waals surface area contributed by atoms with Crippen LogP contribution in [0.4, 0.5) is 10.1 Å². The molecule has 262 valence electrons. The molecule has 0 fully saturated rings. The van der Waals surface area contributed by atoms with Crippen LogP contribution in [0, 0.1) is 46.4 Å². The Balaban J connectivity index is 2.33. The lowest BCUT2D eigenvalue weighted by molar-refractivity contribution is -0.139. The first-order chi connectivity index (χ1) is 26.3. The quantitative estimate of drug-likeness (QED) is 0.113. The van der Waals surface area contributed by atoms with Crippen LogP contribution in [0.5, 0.6) is 0 Å². The number of hydrogen-bond donors (Lipinski definition) is 4. The molecule has 0 aliphatic rings. The topological polar surface area (TPSA) is 112 Å². The van der Waals surface area contributed by atoms with E-state index in [9.17, 15) is 28.6 Å². The first-order valence-electron chi connectivity index (χ1n) is 20.5. The zero-order valence-corrected chi connectivity index (χ0v) is 29.3. The number of anilines is 1. The van der Waals surface area contributed by atoms with Crippen molar-refractivity contribution in [1.29, 1.82) is 0 Å². The molecule has 0 aliphatic carbocycles. The lowest BCUT2D eigenvalue weighted by Gasteiger charge is -2.28. The highest BCUT2D eigenvalue weighted by molar-refractivity contribution is 6.13. The standard InChI is InChI=1S/C41H51FN2O5/c1-22(2)28(8)39-38(41(49)43-31-15-13-23(3)25(5)18-31)37(35-12-10-11-24(4)29(35)9)40(34-16-14-30(42)17-26(34)6)44(39)27(7)19-32(45)20-33(46)21-36(47)48/h10-18,22,27-28,32-33,45-46H,19-21H2,1-9H3,(H,43,49)(H,47,48)/t27?,28?,32-,33-/m1/s1/i19D2,20D2,21D2,27D,32D,33D. The zero-order chi connectivity index (χ0) is 44.5. The number of hydrogen-bond acceptors (Lipinski definition) is 4. The zero-order valence-electron chi connectivity index (χ0n) is 38.3. The van der Waals surface area contributed by atoms with Crippen molar-refractivity contribution in [2.24, 2.45) is 5.92 Å². The van der Waals surface area contributed by atoms with Gasteiger partial charge in [0.15, 0.2) is 0 Å². The largest absolute Gasteiger partial charge is 0.481 e. The first kappa shape index (κ1) is 26.6. The second kappa shape index (κ2) is 15.5. The minimum atomic E-state index is -4.52. The van der Waals surface area contributed by atoms with Crippen molar-refractivity contribution < 1.29 is 41.6 Å². The smallest absolute Gasteiger partial charge is 0.305 e. The third kappa shape index (κ3) is 8.31. The summed E-state index contributed by atoms with van der Waals surface area (Å²) in [7, 11) is 0. The highest BCUT2D eigenvalue weighted by atomic mass is 19.1. The average Bonchev–Trinajstić information content (AvgIpc) is 3.46. The molecule has 1 heterocycles. The number of carbonyl (C=O) groups is 2. The second-order valence-corrected chi connectivity index (χ2v) is 12.8. The monoisotopic (exact) mass is 679 g/mol. The molecule has 49 heavy (non-hydrogen) atoms. The molecule has 8 heteroatoms. The molecule has 0 spiro atoms. The second-order valence-electron chi connectivity index (χ2n) is 12.8. The number of carboxylic acid groups (broad SMARTS) is 1.